The summed E-state index contributed by atoms with van der Waals surface area (Å²) < 4.78 is 1.52. The van der Waals surface area contributed by atoms with E-state index in [9.17, 15) is 4.79 Å². The van der Waals surface area contributed by atoms with E-state index in [4.69, 9.17) is 0 Å². The minimum atomic E-state index is -0.146. The van der Waals surface area contributed by atoms with Gasteiger partial charge in [-0.2, -0.15) is 5.10 Å². The Bertz CT molecular complexity index is 473. The topological polar surface area (TPSA) is 60.7 Å². The molecule has 0 aliphatic heterocycles. The predicted molar refractivity (Wildman–Crippen MR) is 53.7 cm³/mol. The number of pyridine rings is 1. The van der Waals surface area contributed by atoms with Crippen LogP contribution in [-0.2, 0) is 0 Å². The summed E-state index contributed by atoms with van der Waals surface area (Å²) in [7, 11) is 0. The van der Waals surface area contributed by atoms with Gasteiger partial charge in [-0.25, -0.2) is 14.6 Å². The Morgan fingerprint density at radius 3 is 2.87 bits per heavy atom. The first kappa shape index (κ1) is 9.26. The molecule has 0 amide bonds. The first-order valence-corrected chi connectivity index (χ1v) is 4.29. The molecule has 0 aromatic carbocycles. The van der Waals surface area contributed by atoms with Gasteiger partial charge in [0.25, 0.3) is 0 Å². The van der Waals surface area contributed by atoms with Crippen LogP contribution in [0.4, 0.5) is 0 Å². The second kappa shape index (κ2) is 3.83. The molecule has 0 aliphatic rings. The van der Waals surface area contributed by atoms with Crippen LogP contribution in [-0.4, -0.2) is 25.5 Å². The highest BCUT2D eigenvalue weighted by Gasteiger charge is 2.02. The highest BCUT2D eigenvalue weighted by molar-refractivity contribution is 6.03. The molecule has 2 aromatic rings. The fourth-order valence-electron chi connectivity index (χ4n) is 1.11. The number of carbonyl (C=O) groups excluding carboxylic acids is 1. The fraction of sp³-hybridized carbons (Fsp3) is 0. The molecule has 0 aliphatic carbocycles. The largest absolute Gasteiger partial charge is 0.289 e. The molecule has 74 valence electrons. The lowest BCUT2D eigenvalue weighted by Crippen LogP contribution is -2.00. The molecule has 15 heavy (non-hydrogen) atoms. The molecule has 5 heteroatoms. The maximum atomic E-state index is 11.2. The third-order valence-corrected chi connectivity index (χ3v) is 1.87. The molecule has 0 fully saturated rings. The predicted octanol–water partition coefficient (Wildman–Crippen LogP) is 1.03. The van der Waals surface area contributed by atoms with Crippen LogP contribution in [0, 0.1) is 0 Å². The molecule has 0 unspecified atom stereocenters. The van der Waals surface area contributed by atoms with Crippen molar-refractivity contribution in [1.82, 2.24) is 19.7 Å². The third kappa shape index (κ3) is 1.80. The molecule has 0 saturated carbocycles. The van der Waals surface area contributed by atoms with Crippen molar-refractivity contribution in [2.45, 2.75) is 0 Å². The minimum absolute atomic E-state index is 0.146. The van der Waals surface area contributed by atoms with Gasteiger partial charge < -0.3 is 0 Å². The molecular weight excluding hydrogens is 192 g/mol. The van der Waals surface area contributed by atoms with Gasteiger partial charge in [0.05, 0.1) is 0 Å². The van der Waals surface area contributed by atoms with E-state index >= 15 is 0 Å². The summed E-state index contributed by atoms with van der Waals surface area (Å²) in [6, 6.07) is 3.37. The summed E-state index contributed by atoms with van der Waals surface area (Å²) in [5.41, 5.74) is 0.508. The lowest BCUT2D eigenvalue weighted by molar-refractivity contribution is 0.104. The number of rotatable bonds is 3. The van der Waals surface area contributed by atoms with Gasteiger partial charge in [0.2, 0.25) is 0 Å². The maximum Gasteiger partial charge on any atom is 0.186 e. The fourth-order valence-corrected chi connectivity index (χ4v) is 1.11. The Morgan fingerprint density at radius 1 is 1.47 bits per heavy atom. The van der Waals surface area contributed by atoms with Gasteiger partial charge in [-0.3, -0.25) is 4.79 Å². The number of carbonyl (C=O) groups is 1. The van der Waals surface area contributed by atoms with Crippen LogP contribution < -0.4 is 0 Å². The van der Waals surface area contributed by atoms with Gasteiger partial charge in [-0.1, -0.05) is 6.58 Å². The molecule has 0 bridgehead atoms. The third-order valence-electron chi connectivity index (χ3n) is 1.87. The highest BCUT2D eigenvalue weighted by atomic mass is 16.1. The van der Waals surface area contributed by atoms with E-state index in [1.807, 2.05) is 0 Å². The van der Waals surface area contributed by atoms with Gasteiger partial charge in [0.15, 0.2) is 11.6 Å². The van der Waals surface area contributed by atoms with Gasteiger partial charge in [0.1, 0.15) is 12.7 Å². The molecule has 0 atom stereocenters. The van der Waals surface area contributed by atoms with Crippen LogP contribution in [0.2, 0.25) is 0 Å². The summed E-state index contributed by atoms with van der Waals surface area (Å²) in [6.45, 7) is 3.40. The molecular formula is C10H8N4O. The van der Waals surface area contributed by atoms with Crippen molar-refractivity contribution in [3.8, 4) is 5.82 Å². The zero-order valence-corrected chi connectivity index (χ0v) is 7.87. The van der Waals surface area contributed by atoms with Crippen LogP contribution >= 0.6 is 0 Å². The molecule has 2 rings (SSSR count). The Labute approximate surface area is 86.1 Å². The Morgan fingerprint density at radius 2 is 2.33 bits per heavy atom. The average Bonchev–Trinajstić information content (AvgIpc) is 2.82. The van der Waals surface area contributed by atoms with Gasteiger partial charge in [-0.15, -0.1) is 0 Å². The number of nitrogens with zero attached hydrogens (tertiary/aromatic N) is 4. The standard InChI is InChI=1S/C10H8N4O/c1-2-9(15)8-3-4-10(12-5-8)14-7-11-6-13-14/h2-7H,1H2. The smallest absolute Gasteiger partial charge is 0.186 e. The number of allylic oxidation sites excluding steroid dienone is 1. The van der Waals surface area contributed by atoms with E-state index in [1.165, 1.54) is 29.6 Å². The molecule has 0 saturated heterocycles. The second-order valence-corrected chi connectivity index (χ2v) is 2.81. The van der Waals surface area contributed by atoms with Crippen LogP contribution in [0.5, 0.6) is 0 Å². The maximum absolute atomic E-state index is 11.2. The summed E-state index contributed by atoms with van der Waals surface area (Å²) >= 11 is 0. The van der Waals surface area contributed by atoms with Crippen molar-refractivity contribution < 1.29 is 4.79 Å². The van der Waals surface area contributed by atoms with Crippen molar-refractivity contribution in [1.29, 1.82) is 0 Å². The Hall–Kier alpha value is -2.30. The van der Waals surface area contributed by atoms with E-state index in [2.05, 4.69) is 21.6 Å². The quantitative estimate of drug-likeness (QED) is 0.548. The van der Waals surface area contributed by atoms with Crippen LogP contribution in [0.15, 0.2) is 43.6 Å². The highest BCUT2D eigenvalue weighted by Crippen LogP contribution is 2.04. The lowest BCUT2D eigenvalue weighted by Gasteiger charge is -1.99. The van der Waals surface area contributed by atoms with Gasteiger partial charge >= 0.3 is 0 Å². The lowest BCUT2D eigenvalue weighted by atomic mass is 10.2. The zero-order chi connectivity index (χ0) is 10.7. The van der Waals surface area contributed by atoms with Crippen molar-refractivity contribution in [3.05, 3.63) is 49.2 Å². The number of hydrogen-bond acceptors (Lipinski definition) is 4. The molecule has 2 heterocycles. The van der Waals surface area contributed by atoms with E-state index in [0.717, 1.165) is 0 Å². The second-order valence-electron chi connectivity index (χ2n) is 2.81. The summed E-state index contributed by atoms with van der Waals surface area (Å²) in [5.74, 6) is 0.473. The molecule has 0 spiro atoms. The van der Waals surface area contributed by atoms with Crippen molar-refractivity contribution in [2.24, 2.45) is 0 Å². The van der Waals surface area contributed by atoms with Gasteiger partial charge in [-0.05, 0) is 18.2 Å². The first-order valence-electron chi connectivity index (χ1n) is 4.29. The SMILES string of the molecule is C=CC(=O)c1ccc(-n2cncn2)nc1. The van der Waals surface area contributed by atoms with Crippen molar-refractivity contribution in [3.63, 3.8) is 0 Å². The van der Waals surface area contributed by atoms with Crippen LogP contribution in [0.3, 0.4) is 0 Å². The van der Waals surface area contributed by atoms with Crippen molar-refractivity contribution in [2.75, 3.05) is 0 Å². The van der Waals surface area contributed by atoms with Crippen LogP contribution in [0.1, 0.15) is 10.4 Å². The zero-order valence-electron chi connectivity index (χ0n) is 7.87. The summed E-state index contributed by atoms with van der Waals surface area (Å²) in [4.78, 5) is 19.1. The number of aromatic nitrogens is 4. The summed E-state index contributed by atoms with van der Waals surface area (Å²) in [5, 5.41) is 3.92. The molecule has 0 N–H and O–H groups in total. The monoisotopic (exact) mass is 200 g/mol. The van der Waals surface area contributed by atoms with Crippen LogP contribution in [0.25, 0.3) is 5.82 Å². The Kier molecular flexibility index (Phi) is 2.37. The van der Waals surface area contributed by atoms with Gasteiger partial charge in [0, 0.05) is 11.8 Å². The normalized spacial score (nSPS) is 9.87. The average molecular weight is 200 g/mol. The van der Waals surface area contributed by atoms with E-state index in [0.29, 0.717) is 11.4 Å². The number of hydrogen-bond donors (Lipinski definition) is 0. The minimum Gasteiger partial charge on any atom is -0.289 e. The Balaban J connectivity index is 2.32. The molecule has 2 aromatic heterocycles. The van der Waals surface area contributed by atoms with Crippen molar-refractivity contribution >= 4 is 5.78 Å². The molecule has 0 radical (unpaired) electrons. The van der Waals surface area contributed by atoms with E-state index < -0.39 is 0 Å². The number of ketones is 1. The molecule has 5 nitrogen and oxygen atoms in total. The summed E-state index contributed by atoms with van der Waals surface area (Å²) in [6.07, 6.45) is 5.70. The van der Waals surface area contributed by atoms with E-state index in [1.54, 1.807) is 12.1 Å². The first-order chi connectivity index (χ1) is 7.31. The van der Waals surface area contributed by atoms with E-state index in [-0.39, 0.29) is 5.78 Å².